The normalized spacial score (nSPS) is 19.7. The number of hydrogen-bond acceptors (Lipinski definition) is 6. The largest absolute Gasteiger partial charge is 0.485 e. The van der Waals surface area contributed by atoms with Gasteiger partial charge < -0.3 is 4.74 Å². The summed E-state index contributed by atoms with van der Waals surface area (Å²) in [5.41, 5.74) is 2.95. The van der Waals surface area contributed by atoms with Crippen molar-refractivity contribution >= 4 is 17.3 Å². The Morgan fingerprint density at radius 2 is 1.70 bits per heavy atom. The van der Waals surface area contributed by atoms with Crippen LogP contribution in [0.1, 0.15) is 48.5 Å². The minimum absolute atomic E-state index is 0.0583. The first kappa shape index (κ1) is 25.4. The lowest BCUT2D eigenvalue weighted by Crippen LogP contribution is -2.29. The van der Waals surface area contributed by atoms with E-state index in [4.69, 9.17) is 9.84 Å². The Labute approximate surface area is 231 Å². The van der Waals surface area contributed by atoms with Gasteiger partial charge in [0.05, 0.1) is 22.2 Å². The Balaban J connectivity index is 1.57. The molecule has 0 saturated carbocycles. The summed E-state index contributed by atoms with van der Waals surface area (Å²) in [5, 5.41) is 16.5. The maximum absolute atomic E-state index is 13.9. The molecule has 1 aliphatic carbocycles. The molecule has 0 bridgehead atoms. The Bertz CT molecular complexity index is 1670. The molecule has 6 rings (SSSR count). The smallest absolute Gasteiger partial charge is 0.270 e. The second kappa shape index (κ2) is 9.72. The van der Waals surface area contributed by atoms with Gasteiger partial charge in [0.25, 0.3) is 5.69 Å². The average Bonchev–Trinajstić information content (AvgIpc) is 3.55. The van der Waals surface area contributed by atoms with Gasteiger partial charge in [-0.25, -0.2) is 4.68 Å². The minimum Gasteiger partial charge on any atom is -0.485 e. The molecule has 2 atom stereocenters. The van der Waals surface area contributed by atoms with Crippen LogP contribution in [0.25, 0.3) is 16.9 Å². The third-order valence-electron chi connectivity index (χ3n) is 7.51. The first-order chi connectivity index (χ1) is 19.2. The van der Waals surface area contributed by atoms with Crippen molar-refractivity contribution in [3.8, 4) is 16.9 Å². The molecule has 1 aromatic heterocycles. The zero-order valence-electron chi connectivity index (χ0n) is 22.1. The zero-order chi connectivity index (χ0) is 28.0. The number of benzene rings is 3. The molecule has 0 saturated heterocycles. The van der Waals surface area contributed by atoms with Gasteiger partial charge in [-0.05, 0) is 17.5 Å². The number of carbonyl (C=O) groups excluding carboxylic acids is 2. The number of nitro benzene ring substituents is 1. The van der Waals surface area contributed by atoms with Crippen LogP contribution in [0.2, 0.25) is 0 Å². The number of non-ortho nitro benzene ring substituents is 1. The van der Waals surface area contributed by atoms with Crippen LogP contribution in [0, 0.1) is 15.5 Å². The van der Waals surface area contributed by atoms with Gasteiger partial charge in [-0.15, -0.1) is 0 Å². The highest BCUT2D eigenvalue weighted by atomic mass is 16.6. The quantitative estimate of drug-likeness (QED) is 0.160. The van der Waals surface area contributed by atoms with E-state index in [9.17, 15) is 19.7 Å². The summed E-state index contributed by atoms with van der Waals surface area (Å²) >= 11 is 0. The molecule has 0 amide bonds. The van der Waals surface area contributed by atoms with E-state index < -0.39 is 16.9 Å². The van der Waals surface area contributed by atoms with Gasteiger partial charge in [0.2, 0.25) is 5.78 Å². The second-order valence-electron chi connectivity index (χ2n) is 11.0. The number of nitrogens with zero attached hydrogens (tertiary/aromatic N) is 3. The SMILES string of the molecule is CC1(C)CC(=O)C2=C(C1)O[C@H](C(=O)c1ccccc1)[C@H]2c1cn(-c2ccccc2)nc1-c1cccc([N+](=O)[O-])c1. The maximum Gasteiger partial charge on any atom is 0.270 e. The summed E-state index contributed by atoms with van der Waals surface area (Å²) in [6.07, 6.45) is 1.70. The van der Waals surface area contributed by atoms with Gasteiger partial charge in [0, 0.05) is 53.4 Å². The van der Waals surface area contributed by atoms with Crippen molar-refractivity contribution < 1.29 is 19.2 Å². The van der Waals surface area contributed by atoms with Crippen LogP contribution in [0.4, 0.5) is 5.69 Å². The predicted octanol–water partition coefficient (Wildman–Crippen LogP) is 6.46. The molecule has 0 N–H and O–H groups in total. The fourth-order valence-electron chi connectivity index (χ4n) is 5.71. The molecule has 3 aromatic carbocycles. The average molecular weight is 534 g/mol. The van der Waals surface area contributed by atoms with E-state index in [2.05, 4.69) is 0 Å². The van der Waals surface area contributed by atoms with Crippen LogP contribution >= 0.6 is 0 Å². The Kier molecular flexibility index (Phi) is 6.18. The molecule has 2 aliphatic rings. The van der Waals surface area contributed by atoms with Crippen LogP contribution in [0.5, 0.6) is 0 Å². The highest BCUT2D eigenvalue weighted by Crippen LogP contribution is 2.51. The molecule has 200 valence electrons. The van der Waals surface area contributed by atoms with Crippen molar-refractivity contribution in [3.63, 3.8) is 0 Å². The van der Waals surface area contributed by atoms with Crippen LogP contribution in [0.15, 0.2) is 102 Å². The number of hydrogen-bond donors (Lipinski definition) is 0. The lowest BCUT2D eigenvalue weighted by Gasteiger charge is -2.29. The molecule has 4 aromatic rings. The number of aromatic nitrogens is 2. The lowest BCUT2D eigenvalue weighted by atomic mass is 9.72. The molecule has 0 fully saturated rings. The monoisotopic (exact) mass is 533 g/mol. The van der Waals surface area contributed by atoms with E-state index in [1.54, 1.807) is 41.1 Å². The van der Waals surface area contributed by atoms with E-state index in [1.165, 1.54) is 12.1 Å². The highest BCUT2D eigenvalue weighted by Gasteiger charge is 2.50. The minimum atomic E-state index is -0.976. The molecule has 40 heavy (non-hydrogen) atoms. The summed E-state index contributed by atoms with van der Waals surface area (Å²) < 4.78 is 8.07. The molecular weight excluding hydrogens is 506 g/mol. The number of ketones is 2. The standard InChI is InChI=1S/C32H27N3O5/c1-32(2)17-25(36)28-26(18-32)40-31(30(37)20-10-5-3-6-11-20)27(28)24-19-34(22-13-7-4-8-14-22)33-29(24)21-12-9-15-23(16-21)35(38)39/h3-16,19,27,31H,17-18H2,1-2H3/t27-,31-/m0/s1. The third kappa shape index (κ3) is 4.51. The predicted molar refractivity (Wildman–Crippen MR) is 149 cm³/mol. The van der Waals surface area contributed by atoms with E-state index in [1.807, 2.05) is 56.4 Å². The molecule has 0 spiro atoms. The second-order valence-corrected chi connectivity index (χ2v) is 11.0. The summed E-state index contributed by atoms with van der Waals surface area (Å²) in [5.74, 6) is -0.476. The van der Waals surface area contributed by atoms with Crippen molar-refractivity contribution in [1.82, 2.24) is 9.78 Å². The summed E-state index contributed by atoms with van der Waals surface area (Å²) in [6.45, 7) is 4.03. The van der Waals surface area contributed by atoms with Crippen molar-refractivity contribution in [3.05, 3.63) is 124 Å². The van der Waals surface area contributed by atoms with E-state index >= 15 is 0 Å². The molecular formula is C32H27N3O5. The Morgan fingerprint density at radius 1 is 1.00 bits per heavy atom. The highest BCUT2D eigenvalue weighted by molar-refractivity contribution is 6.06. The fraction of sp³-hybridized carbons (Fsp3) is 0.219. The van der Waals surface area contributed by atoms with Gasteiger partial charge in [-0.1, -0.05) is 74.5 Å². The number of allylic oxidation sites excluding steroid dienone is 1. The van der Waals surface area contributed by atoms with E-state index in [0.717, 1.165) is 5.69 Å². The maximum atomic E-state index is 13.9. The van der Waals surface area contributed by atoms with E-state index in [0.29, 0.717) is 46.6 Å². The number of para-hydroxylation sites is 1. The van der Waals surface area contributed by atoms with Crippen molar-refractivity contribution in [1.29, 1.82) is 0 Å². The first-order valence-corrected chi connectivity index (χ1v) is 13.1. The summed E-state index contributed by atoms with van der Waals surface area (Å²) in [4.78, 5) is 38.8. The Morgan fingerprint density at radius 3 is 2.40 bits per heavy atom. The van der Waals surface area contributed by atoms with Crippen LogP contribution in [0.3, 0.4) is 0 Å². The molecule has 0 unspecified atom stereocenters. The molecule has 8 heteroatoms. The fourth-order valence-corrected chi connectivity index (χ4v) is 5.71. The molecule has 0 radical (unpaired) electrons. The van der Waals surface area contributed by atoms with Gasteiger partial charge >= 0.3 is 0 Å². The number of nitro groups is 1. The van der Waals surface area contributed by atoms with Crippen LogP contribution in [-0.4, -0.2) is 32.4 Å². The first-order valence-electron chi connectivity index (χ1n) is 13.1. The zero-order valence-corrected chi connectivity index (χ0v) is 22.1. The van der Waals surface area contributed by atoms with E-state index in [-0.39, 0.29) is 22.7 Å². The van der Waals surface area contributed by atoms with Gasteiger partial charge in [0.1, 0.15) is 5.76 Å². The summed E-state index contributed by atoms with van der Waals surface area (Å²) in [6, 6.07) is 24.6. The van der Waals surface area contributed by atoms with Gasteiger partial charge in [-0.3, -0.25) is 19.7 Å². The molecule has 8 nitrogen and oxygen atoms in total. The van der Waals surface area contributed by atoms with Crippen LogP contribution < -0.4 is 0 Å². The van der Waals surface area contributed by atoms with Crippen molar-refractivity contribution in [2.45, 2.75) is 38.7 Å². The summed E-state index contributed by atoms with van der Waals surface area (Å²) in [7, 11) is 0. The van der Waals surface area contributed by atoms with Crippen LogP contribution in [-0.2, 0) is 9.53 Å². The topological polar surface area (TPSA) is 104 Å². The van der Waals surface area contributed by atoms with Gasteiger partial charge in [0.15, 0.2) is 11.9 Å². The molecule has 2 heterocycles. The number of ether oxygens (including phenoxy) is 1. The Hall–Kier alpha value is -4.85. The van der Waals surface area contributed by atoms with Gasteiger partial charge in [-0.2, -0.15) is 5.10 Å². The number of Topliss-reactive ketones (excluding diaryl/α,β-unsaturated/α-hetero) is 2. The van der Waals surface area contributed by atoms with Crippen molar-refractivity contribution in [2.24, 2.45) is 5.41 Å². The van der Waals surface area contributed by atoms with Crippen molar-refractivity contribution in [2.75, 3.05) is 0 Å². The molecule has 1 aliphatic heterocycles. The number of carbonyl (C=O) groups is 2. The lowest BCUT2D eigenvalue weighted by molar-refractivity contribution is -0.384. The third-order valence-corrected chi connectivity index (χ3v) is 7.51. The number of rotatable bonds is 6.